The number of benzene rings is 2. The highest BCUT2D eigenvalue weighted by Gasteiger charge is 2.32. The van der Waals surface area contributed by atoms with Gasteiger partial charge in [-0.25, -0.2) is 13.8 Å². The Labute approximate surface area is 182 Å². The second kappa shape index (κ2) is 10.8. The van der Waals surface area contributed by atoms with Gasteiger partial charge in [0, 0.05) is 43.0 Å². The van der Waals surface area contributed by atoms with Crippen molar-refractivity contribution in [2.75, 3.05) is 6.54 Å². The number of rotatable bonds is 7. The Morgan fingerprint density at radius 3 is 2.58 bits per heavy atom. The Bertz CT molecular complexity index is 987. The number of halogens is 2. The van der Waals surface area contributed by atoms with Gasteiger partial charge in [-0.2, -0.15) is 0 Å². The molecule has 2 heterocycles. The molecule has 2 aromatic carbocycles. The molecule has 6 heteroatoms. The molecule has 4 rings (SSSR count). The molecule has 164 valence electrons. The molecule has 4 nitrogen and oxygen atoms in total. The van der Waals surface area contributed by atoms with Gasteiger partial charge in [0.25, 0.3) is 0 Å². The summed E-state index contributed by atoms with van der Waals surface area (Å²) in [7, 11) is 0. The minimum Gasteiger partial charge on any atom is -0.338 e. The number of hydrogen-bond acceptors (Lipinski definition) is 2. The smallest absolute Gasteiger partial charge is 0.226 e. The van der Waals surface area contributed by atoms with E-state index < -0.39 is 11.6 Å². The predicted octanol–water partition coefficient (Wildman–Crippen LogP) is 5.22. The first-order valence-electron chi connectivity index (χ1n) is 10.9. The van der Waals surface area contributed by atoms with E-state index in [9.17, 15) is 13.6 Å². The lowest BCUT2D eigenvalue weighted by Crippen LogP contribution is -2.27. The van der Waals surface area contributed by atoms with Crippen molar-refractivity contribution in [1.29, 1.82) is 0 Å². The largest absolute Gasteiger partial charge is 0.338 e. The summed E-state index contributed by atoms with van der Waals surface area (Å²) in [6, 6.07) is 14.3. The zero-order chi connectivity index (χ0) is 22.2. The molecule has 0 saturated carbocycles. The van der Waals surface area contributed by atoms with Crippen LogP contribution in [0.15, 0.2) is 61.1 Å². The summed E-state index contributed by atoms with van der Waals surface area (Å²) < 4.78 is 29.4. The second-order valence-electron chi connectivity index (χ2n) is 7.50. The number of aromatic nitrogens is 2. The summed E-state index contributed by atoms with van der Waals surface area (Å²) in [5.74, 6) is -1.82. The van der Waals surface area contributed by atoms with Crippen molar-refractivity contribution >= 4 is 5.91 Å². The number of amides is 1. The SMILES string of the molecule is CC.O=C1[C@@H](CCc2cncn2Cc2ccccc2)CCN1Cc1cccc(F)c1F. The van der Waals surface area contributed by atoms with Gasteiger partial charge < -0.3 is 9.47 Å². The van der Waals surface area contributed by atoms with Crippen LogP contribution in [-0.2, 0) is 24.3 Å². The van der Waals surface area contributed by atoms with Crippen LogP contribution in [0.5, 0.6) is 0 Å². The van der Waals surface area contributed by atoms with Gasteiger partial charge in [0.2, 0.25) is 5.91 Å². The summed E-state index contributed by atoms with van der Waals surface area (Å²) >= 11 is 0. The van der Waals surface area contributed by atoms with E-state index in [-0.39, 0.29) is 23.9 Å². The molecule has 0 N–H and O–H groups in total. The van der Waals surface area contributed by atoms with Crippen LogP contribution in [0.1, 0.15) is 43.5 Å². The number of hydrogen-bond donors (Lipinski definition) is 0. The van der Waals surface area contributed by atoms with Crippen molar-refractivity contribution in [3.05, 3.63) is 89.5 Å². The highest BCUT2D eigenvalue weighted by Crippen LogP contribution is 2.26. The van der Waals surface area contributed by atoms with Crippen LogP contribution in [0.3, 0.4) is 0 Å². The fraction of sp³-hybridized carbons (Fsp3) is 0.360. The Hall–Kier alpha value is -3.02. The predicted molar refractivity (Wildman–Crippen MR) is 117 cm³/mol. The lowest BCUT2D eigenvalue weighted by Gasteiger charge is -2.17. The Morgan fingerprint density at radius 1 is 1.03 bits per heavy atom. The van der Waals surface area contributed by atoms with E-state index in [1.165, 1.54) is 17.7 Å². The molecule has 1 aliphatic rings. The summed E-state index contributed by atoms with van der Waals surface area (Å²) in [6.45, 7) is 5.44. The van der Waals surface area contributed by atoms with Gasteiger partial charge in [-0.1, -0.05) is 56.3 Å². The molecule has 0 radical (unpaired) electrons. The molecule has 31 heavy (non-hydrogen) atoms. The van der Waals surface area contributed by atoms with Gasteiger partial charge >= 0.3 is 0 Å². The van der Waals surface area contributed by atoms with Gasteiger partial charge in [0.15, 0.2) is 11.6 Å². The number of carbonyl (C=O) groups excluding carboxylic acids is 1. The van der Waals surface area contributed by atoms with E-state index in [1.807, 2.05) is 44.6 Å². The molecule has 0 aliphatic carbocycles. The fourth-order valence-electron chi connectivity index (χ4n) is 3.91. The Morgan fingerprint density at radius 2 is 1.81 bits per heavy atom. The monoisotopic (exact) mass is 425 g/mol. The van der Waals surface area contributed by atoms with Gasteiger partial charge in [-0.15, -0.1) is 0 Å². The minimum atomic E-state index is -0.877. The van der Waals surface area contributed by atoms with Gasteiger partial charge in [-0.05, 0) is 30.9 Å². The van der Waals surface area contributed by atoms with E-state index in [1.54, 1.807) is 4.90 Å². The van der Waals surface area contributed by atoms with Crippen LogP contribution in [0.25, 0.3) is 0 Å². The van der Waals surface area contributed by atoms with Crippen molar-refractivity contribution in [3.63, 3.8) is 0 Å². The summed E-state index contributed by atoms with van der Waals surface area (Å²) in [5.41, 5.74) is 2.52. The molecule has 0 unspecified atom stereocenters. The highest BCUT2D eigenvalue weighted by molar-refractivity contribution is 5.80. The number of imidazole rings is 1. The van der Waals surface area contributed by atoms with E-state index in [4.69, 9.17) is 0 Å². The van der Waals surface area contributed by atoms with Crippen LogP contribution < -0.4 is 0 Å². The Kier molecular flexibility index (Phi) is 7.93. The van der Waals surface area contributed by atoms with Crippen molar-refractivity contribution in [2.45, 2.75) is 46.2 Å². The van der Waals surface area contributed by atoms with Crippen molar-refractivity contribution in [3.8, 4) is 0 Å². The molecule has 1 fully saturated rings. The standard InChI is InChI=1S/C23H23F2N3O.C2H6/c24-21-8-4-7-19(22(21)25)15-27-12-11-18(23(27)29)9-10-20-13-26-16-28(20)14-17-5-2-1-3-6-17;1-2/h1-8,13,16,18H,9-12,14-15H2;1-2H3/t18-;/m0./s1. The van der Waals surface area contributed by atoms with E-state index >= 15 is 0 Å². The molecule has 0 bridgehead atoms. The molecular weight excluding hydrogens is 396 g/mol. The maximum Gasteiger partial charge on any atom is 0.226 e. The third-order valence-electron chi connectivity index (χ3n) is 5.54. The normalized spacial score (nSPS) is 15.7. The number of carbonyl (C=O) groups is 1. The molecule has 1 aliphatic heterocycles. The summed E-state index contributed by atoms with van der Waals surface area (Å²) in [6.07, 6.45) is 5.88. The number of likely N-dealkylation sites (tertiary alicyclic amines) is 1. The van der Waals surface area contributed by atoms with Crippen LogP contribution in [0.4, 0.5) is 8.78 Å². The fourth-order valence-corrected chi connectivity index (χ4v) is 3.91. The third-order valence-corrected chi connectivity index (χ3v) is 5.54. The quantitative estimate of drug-likeness (QED) is 0.521. The molecule has 1 saturated heterocycles. The van der Waals surface area contributed by atoms with Gasteiger partial charge in [0.1, 0.15) is 0 Å². The average molecular weight is 426 g/mol. The Balaban J connectivity index is 0.00000132. The van der Waals surface area contributed by atoms with Crippen molar-refractivity contribution in [2.24, 2.45) is 5.92 Å². The lowest BCUT2D eigenvalue weighted by atomic mass is 10.0. The molecule has 3 aromatic rings. The zero-order valence-electron chi connectivity index (χ0n) is 18.1. The minimum absolute atomic E-state index is 0.0165. The number of aryl methyl sites for hydroxylation is 1. The zero-order valence-corrected chi connectivity index (χ0v) is 18.1. The van der Waals surface area contributed by atoms with Gasteiger partial charge in [0.05, 0.1) is 6.33 Å². The van der Waals surface area contributed by atoms with Crippen molar-refractivity contribution < 1.29 is 13.6 Å². The van der Waals surface area contributed by atoms with Crippen molar-refractivity contribution in [1.82, 2.24) is 14.5 Å². The maximum atomic E-state index is 13.9. The van der Waals surface area contributed by atoms with Gasteiger partial charge in [-0.3, -0.25) is 4.79 Å². The third kappa shape index (κ3) is 5.57. The lowest BCUT2D eigenvalue weighted by molar-refractivity contribution is -0.131. The maximum absolute atomic E-state index is 13.9. The second-order valence-corrected chi connectivity index (χ2v) is 7.50. The number of nitrogens with zero attached hydrogens (tertiary/aromatic N) is 3. The first-order chi connectivity index (χ1) is 15.1. The first kappa shape index (κ1) is 22.7. The van der Waals surface area contributed by atoms with Crippen LogP contribution in [0.2, 0.25) is 0 Å². The van der Waals surface area contributed by atoms with Crippen LogP contribution in [0, 0.1) is 17.6 Å². The molecule has 0 spiro atoms. The molecular formula is C25H29F2N3O. The van der Waals surface area contributed by atoms with Crippen LogP contribution in [-0.4, -0.2) is 26.9 Å². The summed E-state index contributed by atoms with van der Waals surface area (Å²) in [4.78, 5) is 18.6. The van der Waals surface area contributed by atoms with Crippen LogP contribution >= 0.6 is 0 Å². The van der Waals surface area contributed by atoms with E-state index in [0.717, 1.165) is 37.6 Å². The van der Waals surface area contributed by atoms with E-state index in [2.05, 4.69) is 21.7 Å². The molecule has 1 atom stereocenters. The molecule has 1 amide bonds. The average Bonchev–Trinajstić information content (AvgIpc) is 3.38. The molecule has 1 aromatic heterocycles. The van der Waals surface area contributed by atoms with E-state index in [0.29, 0.717) is 6.54 Å². The summed E-state index contributed by atoms with van der Waals surface area (Å²) in [5, 5.41) is 0. The topological polar surface area (TPSA) is 38.1 Å². The first-order valence-corrected chi connectivity index (χ1v) is 10.9. The highest BCUT2D eigenvalue weighted by atomic mass is 19.2.